The van der Waals surface area contributed by atoms with E-state index in [1.807, 2.05) is 23.4 Å². The van der Waals surface area contributed by atoms with Crippen LogP contribution in [0.15, 0.2) is 24.9 Å². The van der Waals surface area contributed by atoms with Crippen molar-refractivity contribution in [3.05, 3.63) is 24.9 Å². The number of hydrogen-bond donors (Lipinski definition) is 1. The van der Waals surface area contributed by atoms with Crippen molar-refractivity contribution < 1.29 is 0 Å². The number of nitrogens with two attached hydrogens (primary N) is 1. The molecule has 2 N–H and O–H groups in total. The zero-order valence-electron chi connectivity index (χ0n) is 12.1. The minimum Gasteiger partial charge on any atom is -0.330 e. The summed E-state index contributed by atoms with van der Waals surface area (Å²) >= 11 is 0. The third-order valence-corrected chi connectivity index (χ3v) is 4.33. The summed E-state index contributed by atoms with van der Waals surface area (Å²) in [7, 11) is 0. The van der Waals surface area contributed by atoms with E-state index in [0.717, 1.165) is 30.8 Å². The fraction of sp³-hybridized carbons (Fsp3) is 0.600. The third kappa shape index (κ3) is 2.38. The molecule has 2 heterocycles. The molecule has 5 nitrogen and oxygen atoms in total. The molecule has 2 atom stereocenters. The van der Waals surface area contributed by atoms with Gasteiger partial charge >= 0.3 is 0 Å². The SMILES string of the molecule is CCCn1cc(-c2cncn2C2CCCC2CN)cn1. The van der Waals surface area contributed by atoms with Crippen LogP contribution in [0.2, 0.25) is 0 Å². The largest absolute Gasteiger partial charge is 0.330 e. The molecule has 2 unspecified atom stereocenters. The Hall–Kier alpha value is -1.62. The molecule has 5 heteroatoms. The van der Waals surface area contributed by atoms with Crippen molar-refractivity contribution in [3.8, 4) is 11.3 Å². The lowest BCUT2D eigenvalue weighted by molar-refractivity contribution is 0.390. The van der Waals surface area contributed by atoms with Crippen LogP contribution in [0.3, 0.4) is 0 Å². The van der Waals surface area contributed by atoms with Gasteiger partial charge in [0.1, 0.15) is 0 Å². The Balaban J connectivity index is 1.89. The normalized spacial score (nSPS) is 22.5. The van der Waals surface area contributed by atoms with E-state index in [9.17, 15) is 0 Å². The van der Waals surface area contributed by atoms with E-state index in [-0.39, 0.29) is 0 Å². The Morgan fingerprint density at radius 3 is 3.05 bits per heavy atom. The second kappa shape index (κ2) is 5.79. The van der Waals surface area contributed by atoms with Gasteiger partial charge in [0.2, 0.25) is 0 Å². The predicted molar refractivity (Wildman–Crippen MR) is 79.2 cm³/mol. The molecule has 0 aliphatic heterocycles. The molecule has 0 radical (unpaired) electrons. The molecular weight excluding hydrogens is 250 g/mol. The van der Waals surface area contributed by atoms with Crippen LogP contribution >= 0.6 is 0 Å². The molecule has 0 spiro atoms. The Kier molecular flexibility index (Phi) is 3.87. The van der Waals surface area contributed by atoms with Crippen molar-refractivity contribution >= 4 is 0 Å². The Morgan fingerprint density at radius 2 is 2.25 bits per heavy atom. The second-order valence-corrected chi connectivity index (χ2v) is 5.67. The van der Waals surface area contributed by atoms with Gasteiger partial charge < -0.3 is 10.3 Å². The monoisotopic (exact) mass is 273 g/mol. The van der Waals surface area contributed by atoms with Crippen molar-refractivity contribution in [1.29, 1.82) is 0 Å². The molecule has 2 aromatic rings. The summed E-state index contributed by atoms with van der Waals surface area (Å²) in [5.41, 5.74) is 8.23. The third-order valence-electron chi connectivity index (χ3n) is 4.33. The van der Waals surface area contributed by atoms with Crippen LogP contribution in [-0.2, 0) is 6.54 Å². The number of imidazole rings is 1. The molecule has 2 aromatic heterocycles. The zero-order chi connectivity index (χ0) is 13.9. The van der Waals surface area contributed by atoms with Crippen molar-refractivity contribution in [3.63, 3.8) is 0 Å². The lowest BCUT2D eigenvalue weighted by atomic mass is 10.0. The van der Waals surface area contributed by atoms with Crippen molar-refractivity contribution in [2.45, 2.75) is 45.2 Å². The molecule has 20 heavy (non-hydrogen) atoms. The zero-order valence-corrected chi connectivity index (χ0v) is 12.1. The summed E-state index contributed by atoms with van der Waals surface area (Å²) < 4.78 is 4.31. The van der Waals surface area contributed by atoms with E-state index >= 15 is 0 Å². The van der Waals surface area contributed by atoms with Crippen LogP contribution in [0, 0.1) is 5.92 Å². The highest BCUT2D eigenvalue weighted by Gasteiger charge is 2.29. The molecule has 3 rings (SSSR count). The highest BCUT2D eigenvalue weighted by Crippen LogP contribution is 2.37. The van der Waals surface area contributed by atoms with Gasteiger partial charge in [-0.2, -0.15) is 5.10 Å². The number of aromatic nitrogens is 4. The second-order valence-electron chi connectivity index (χ2n) is 5.67. The maximum atomic E-state index is 5.91. The molecule has 0 bridgehead atoms. The van der Waals surface area contributed by atoms with Crippen molar-refractivity contribution in [2.75, 3.05) is 6.54 Å². The average molecular weight is 273 g/mol. The van der Waals surface area contributed by atoms with Crippen LogP contribution in [-0.4, -0.2) is 25.9 Å². The smallest absolute Gasteiger partial charge is 0.0953 e. The fourth-order valence-corrected chi connectivity index (χ4v) is 3.30. The van der Waals surface area contributed by atoms with Crippen molar-refractivity contribution in [1.82, 2.24) is 19.3 Å². The Morgan fingerprint density at radius 1 is 1.35 bits per heavy atom. The van der Waals surface area contributed by atoms with Gasteiger partial charge in [-0.05, 0) is 31.7 Å². The molecule has 0 aromatic carbocycles. The first-order valence-electron chi connectivity index (χ1n) is 7.58. The number of nitrogens with zero attached hydrogens (tertiary/aromatic N) is 4. The van der Waals surface area contributed by atoms with Gasteiger partial charge in [-0.15, -0.1) is 0 Å². The topological polar surface area (TPSA) is 61.7 Å². The number of aryl methyl sites for hydroxylation is 1. The maximum Gasteiger partial charge on any atom is 0.0953 e. The molecule has 1 aliphatic carbocycles. The summed E-state index contributed by atoms with van der Waals surface area (Å²) in [6.07, 6.45) is 12.7. The summed E-state index contributed by atoms with van der Waals surface area (Å²) in [5.74, 6) is 0.577. The standard InChI is InChI=1S/C15H23N5/c1-2-6-19-10-13(8-18-19)15-9-17-11-20(15)14-5-3-4-12(14)7-16/h8-12,14H,2-7,16H2,1H3. The highest BCUT2D eigenvalue weighted by molar-refractivity contribution is 5.56. The molecule has 1 aliphatic rings. The Labute approximate surface area is 119 Å². The summed E-state index contributed by atoms with van der Waals surface area (Å²) in [6.45, 7) is 3.89. The summed E-state index contributed by atoms with van der Waals surface area (Å²) in [5, 5.41) is 4.42. The van der Waals surface area contributed by atoms with Gasteiger partial charge in [-0.3, -0.25) is 4.68 Å². The predicted octanol–water partition coefficient (Wildman–Crippen LogP) is 2.46. The van der Waals surface area contributed by atoms with Crippen LogP contribution < -0.4 is 5.73 Å². The quantitative estimate of drug-likeness (QED) is 0.910. The molecule has 0 saturated heterocycles. The van der Waals surface area contributed by atoms with Gasteiger partial charge in [0, 0.05) is 24.3 Å². The van der Waals surface area contributed by atoms with Gasteiger partial charge in [0.05, 0.1) is 24.4 Å². The van der Waals surface area contributed by atoms with Gasteiger partial charge in [-0.1, -0.05) is 13.3 Å². The first kappa shape index (κ1) is 13.4. The van der Waals surface area contributed by atoms with Gasteiger partial charge in [0.25, 0.3) is 0 Å². The van der Waals surface area contributed by atoms with E-state index in [4.69, 9.17) is 5.73 Å². The van der Waals surface area contributed by atoms with Crippen molar-refractivity contribution in [2.24, 2.45) is 11.7 Å². The molecule has 108 valence electrons. The van der Waals surface area contributed by atoms with E-state index in [1.165, 1.54) is 19.3 Å². The van der Waals surface area contributed by atoms with Crippen LogP contribution in [0.5, 0.6) is 0 Å². The van der Waals surface area contributed by atoms with E-state index < -0.39 is 0 Å². The highest BCUT2D eigenvalue weighted by atomic mass is 15.3. The van der Waals surface area contributed by atoms with E-state index in [2.05, 4.69) is 27.8 Å². The minimum atomic E-state index is 0.493. The number of rotatable bonds is 5. The first-order chi connectivity index (χ1) is 9.83. The maximum absolute atomic E-state index is 5.91. The van der Waals surface area contributed by atoms with Crippen LogP contribution in [0.1, 0.15) is 38.6 Å². The lowest BCUT2D eigenvalue weighted by Gasteiger charge is -2.21. The number of hydrogen-bond acceptors (Lipinski definition) is 3. The molecule has 1 fully saturated rings. The first-order valence-corrected chi connectivity index (χ1v) is 7.58. The molecule has 1 saturated carbocycles. The van der Waals surface area contributed by atoms with E-state index in [1.54, 1.807) is 0 Å². The fourth-order valence-electron chi connectivity index (χ4n) is 3.30. The minimum absolute atomic E-state index is 0.493. The van der Waals surface area contributed by atoms with E-state index in [0.29, 0.717) is 12.0 Å². The summed E-state index contributed by atoms with van der Waals surface area (Å²) in [6, 6.07) is 0.493. The van der Waals surface area contributed by atoms with Crippen LogP contribution in [0.4, 0.5) is 0 Å². The van der Waals surface area contributed by atoms with Gasteiger partial charge in [0.15, 0.2) is 0 Å². The lowest BCUT2D eigenvalue weighted by Crippen LogP contribution is -2.21. The average Bonchev–Trinajstić information content (AvgIpc) is 3.18. The van der Waals surface area contributed by atoms with Crippen LogP contribution in [0.25, 0.3) is 11.3 Å². The molecular formula is C15H23N5. The Bertz CT molecular complexity index is 556. The van der Waals surface area contributed by atoms with Gasteiger partial charge in [-0.25, -0.2) is 4.98 Å². The molecule has 0 amide bonds. The summed E-state index contributed by atoms with van der Waals surface area (Å²) in [4.78, 5) is 4.35.